The fraction of sp³-hybridized carbons (Fsp3) is 0.538. The number of nitrogens with one attached hydrogen (secondary N) is 1. The van der Waals surface area contributed by atoms with Crippen LogP contribution in [0.25, 0.3) is 0 Å². The minimum atomic E-state index is -0.390. The molecule has 0 unspecified atom stereocenters. The predicted octanol–water partition coefficient (Wildman–Crippen LogP) is 3.45. The standard InChI is InChI=1S/C13H20N2O3/c1-13(2,3)7-8-14-11-9-10(18-4)5-6-12(11)15(16)17/h5-6,9,14H,7-8H2,1-4H3. The predicted molar refractivity (Wildman–Crippen MR) is 72.2 cm³/mol. The smallest absolute Gasteiger partial charge is 0.292 e. The first-order valence-electron chi connectivity index (χ1n) is 5.90. The summed E-state index contributed by atoms with van der Waals surface area (Å²) in [6, 6.07) is 4.70. The number of nitro groups is 1. The maximum absolute atomic E-state index is 10.9. The lowest BCUT2D eigenvalue weighted by atomic mass is 9.92. The van der Waals surface area contributed by atoms with Gasteiger partial charge in [-0.15, -0.1) is 0 Å². The molecular formula is C13H20N2O3. The molecule has 0 atom stereocenters. The molecule has 18 heavy (non-hydrogen) atoms. The molecule has 0 heterocycles. The first-order valence-corrected chi connectivity index (χ1v) is 5.90. The molecule has 0 aliphatic heterocycles. The fourth-order valence-corrected chi connectivity index (χ4v) is 1.52. The van der Waals surface area contributed by atoms with Gasteiger partial charge in [-0.3, -0.25) is 10.1 Å². The van der Waals surface area contributed by atoms with E-state index in [2.05, 4.69) is 26.1 Å². The highest BCUT2D eigenvalue weighted by molar-refractivity contribution is 5.64. The quantitative estimate of drug-likeness (QED) is 0.644. The number of benzene rings is 1. The second kappa shape index (κ2) is 5.71. The van der Waals surface area contributed by atoms with Crippen molar-refractivity contribution in [3.05, 3.63) is 28.3 Å². The summed E-state index contributed by atoms with van der Waals surface area (Å²) < 4.78 is 5.07. The first kappa shape index (κ1) is 14.3. The second-order valence-electron chi connectivity index (χ2n) is 5.38. The maximum Gasteiger partial charge on any atom is 0.292 e. The zero-order valence-electron chi connectivity index (χ0n) is 11.3. The molecule has 0 fully saturated rings. The van der Waals surface area contributed by atoms with Crippen molar-refractivity contribution in [2.75, 3.05) is 19.0 Å². The topological polar surface area (TPSA) is 64.4 Å². The van der Waals surface area contributed by atoms with Crippen LogP contribution in [0.4, 0.5) is 11.4 Å². The van der Waals surface area contributed by atoms with Gasteiger partial charge in [-0.25, -0.2) is 0 Å². The lowest BCUT2D eigenvalue weighted by molar-refractivity contribution is -0.384. The minimum absolute atomic E-state index is 0.0738. The Balaban J connectivity index is 2.81. The molecule has 1 N–H and O–H groups in total. The molecule has 0 spiro atoms. The summed E-state index contributed by atoms with van der Waals surface area (Å²) in [4.78, 5) is 10.5. The fourth-order valence-electron chi connectivity index (χ4n) is 1.52. The molecule has 5 heteroatoms. The second-order valence-corrected chi connectivity index (χ2v) is 5.38. The van der Waals surface area contributed by atoms with E-state index in [1.807, 2.05) is 0 Å². The van der Waals surface area contributed by atoms with Gasteiger partial charge in [-0.2, -0.15) is 0 Å². The Morgan fingerprint density at radius 1 is 1.39 bits per heavy atom. The van der Waals surface area contributed by atoms with Crippen LogP contribution >= 0.6 is 0 Å². The first-order chi connectivity index (χ1) is 8.33. The summed E-state index contributed by atoms with van der Waals surface area (Å²) in [7, 11) is 1.54. The van der Waals surface area contributed by atoms with Crippen LogP contribution in [0.5, 0.6) is 5.75 Å². The lowest BCUT2D eigenvalue weighted by Gasteiger charge is -2.18. The lowest BCUT2D eigenvalue weighted by Crippen LogP contribution is -2.13. The molecule has 0 aliphatic rings. The molecule has 1 aromatic rings. The van der Waals surface area contributed by atoms with Gasteiger partial charge in [-0.05, 0) is 17.9 Å². The van der Waals surface area contributed by atoms with Gasteiger partial charge < -0.3 is 10.1 Å². The van der Waals surface area contributed by atoms with Gasteiger partial charge in [0.2, 0.25) is 0 Å². The Labute approximate surface area is 107 Å². The van der Waals surface area contributed by atoms with Gasteiger partial charge in [-0.1, -0.05) is 20.8 Å². The molecular weight excluding hydrogens is 232 g/mol. The Morgan fingerprint density at radius 3 is 2.56 bits per heavy atom. The molecule has 100 valence electrons. The van der Waals surface area contributed by atoms with Crippen LogP contribution < -0.4 is 10.1 Å². The summed E-state index contributed by atoms with van der Waals surface area (Å²) in [5.74, 6) is 0.610. The third-order valence-electron chi connectivity index (χ3n) is 2.59. The summed E-state index contributed by atoms with van der Waals surface area (Å²) in [5.41, 5.74) is 0.772. The number of ether oxygens (including phenoxy) is 1. The van der Waals surface area contributed by atoms with Crippen LogP contribution in [0.3, 0.4) is 0 Å². The average Bonchev–Trinajstić information content (AvgIpc) is 2.26. The molecule has 0 saturated heterocycles. The number of methoxy groups -OCH3 is 1. The summed E-state index contributed by atoms with van der Waals surface area (Å²) in [6.07, 6.45) is 0.932. The van der Waals surface area contributed by atoms with Crippen molar-refractivity contribution >= 4 is 11.4 Å². The summed E-state index contributed by atoms with van der Waals surface area (Å²) in [5, 5.41) is 14.0. The van der Waals surface area contributed by atoms with E-state index in [0.717, 1.165) is 6.42 Å². The molecule has 0 aromatic heterocycles. The zero-order chi connectivity index (χ0) is 13.8. The van der Waals surface area contributed by atoms with E-state index in [0.29, 0.717) is 18.0 Å². The van der Waals surface area contributed by atoms with Crippen LogP contribution in [-0.2, 0) is 0 Å². The molecule has 0 aliphatic carbocycles. The van der Waals surface area contributed by atoms with Crippen LogP contribution in [0.15, 0.2) is 18.2 Å². The van der Waals surface area contributed by atoms with Crippen LogP contribution in [0.1, 0.15) is 27.2 Å². The van der Waals surface area contributed by atoms with E-state index in [-0.39, 0.29) is 11.1 Å². The van der Waals surface area contributed by atoms with E-state index < -0.39 is 4.92 Å². The molecule has 0 amide bonds. The Bertz CT molecular complexity index is 425. The van der Waals surface area contributed by atoms with Crippen LogP contribution in [-0.4, -0.2) is 18.6 Å². The van der Waals surface area contributed by atoms with E-state index in [4.69, 9.17) is 4.74 Å². The van der Waals surface area contributed by atoms with Crippen molar-refractivity contribution in [2.45, 2.75) is 27.2 Å². The third-order valence-corrected chi connectivity index (χ3v) is 2.59. The number of hydrogen-bond acceptors (Lipinski definition) is 4. The van der Waals surface area contributed by atoms with E-state index in [1.165, 1.54) is 6.07 Å². The van der Waals surface area contributed by atoms with Gasteiger partial charge in [0, 0.05) is 18.7 Å². The van der Waals surface area contributed by atoms with Crippen molar-refractivity contribution in [2.24, 2.45) is 5.41 Å². The van der Waals surface area contributed by atoms with Gasteiger partial charge in [0.15, 0.2) is 0 Å². The normalized spacial score (nSPS) is 11.1. The minimum Gasteiger partial charge on any atom is -0.497 e. The third kappa shape index (κ3) is 4.24. The Morgan fingerprint density at radius 2 is 2.06 bits per heavy atom. The highest BCUT2D eigenvalue weighted by Crippen LogP contribution is 2.29. The van der Waals surface area contributed by atoms with Gasteiger partial charge >= 0.3 is 0 Å². The molecule has 0 radical (unpaired) electrons. The summed E-state index contributed by atoms with van der Waals surface area (Å²) in [6.45, 7) is 7.09. The molecule has 1 rings (SSSR count). The number of nitrogens with zero attached hydrogens (tertiary/aromatic N) is 1. The monoisotopic (exact) mass is 252 g/mol. The highest BCUT2D eigenvalue weighted by atomic mass is 16.6. The number of nitro benzene ring substituents is 1. The van der Waals surface area contributed by atoms with Crippen molar-refractivity contribution in [3.63, 3.8) is 0 Å². The molecule has 0 bridgehead atoms. The zero-order valence-corrected chi connectivity index (χ0v) is 11.3. The van der Waals surface area contributed by atoms with Crippen molar-refractivity contribution < 1.29 is 9.66 Å². The van der Waals surface area contributed by atoms with Crippen LogP contribution in [0.2, 0.25) is 0 Å². The average molecular weight is 252 g/mol. The van der Waals surface area contributed by atoms with Crippen molar-refractivity contribution in [3.8, 4) is 5.75 Å². The van der Waals surface area contributed by atoms with Crippen molar-refractivity contribution in [1.82, 2.24) is 0 Å². The summed E-state index contributed by atoms with van der Waals surface area (Å²) >= 11 is 0. The van der Waals surface area contributed by atoms with E-state index in [9.17, 15) is 10.1 Å². The van der Waals surface area contributed by atoms with Gasteiger partial charge in [0.05, 0.1) is 12.0 Å². The number of anilines is 1. The van der Waals surface area contributed by atoms with Gasteiger partial charge in [0.1, 0.15) is 11.4 Å². The largest absolute Gasteiger partial charge is 0.497 e. The highest BCUT2D eigenvalue weighted by Gasteiger charge is 2.15. The van der Waals surface area contributed by atoms with Gasteiger partial charge in [0.25, 0.3) is 5.69 Å². The molecule has 0 saturated carbocycles. The molecule has 1 aromatic carbocycles. The van der Waals surface area contributed by atoms with Crippen LogP contribution in [0, 0.1) is 15.5 Å². The Kier molecular flexibility index (Phi) is 4.53. The SMILES string of the molecule is COc1ccc([N+](=O)[O-])c(NCCC(C)(C)C)c1. The van der Waals surface area contributed by atoms with E-state index >= 15 is 0 Å². The Hall–Kier alpha value is -1.78. The van der Waals surface area contributed by atoms with E-state index in [1.54, 1.807) is 19.2 Å². The maximum atomic E-state index is 10.9. The van der Waals surface area contributed by atoms with Crippen molar-refractivity contribution in [1.29, 1.82) is 0 Å². The molecule has 5 nitrogen and oxygen atoms in total. The number of hydrogen-bond donors (Lipinski definition) is 1. The number of rotatable bonds is 5.